The number of rotatable bonds is 4. The van der Waals surface area contributed by atoms with Crippen molar-refractivity contribution < 1.29 is 13.9 Å². The van der Waals surface area contributed by atoms with E-state index in [0.29, 0.717) is 26.4 Å². The van der Waals surface area contributed by atoms with E-state index in [1.807, 2.05) is 30.3 Å². The molecule has 0 spiro atoms. The second-order valence-electron chi connectivity index (χ2n) is 6.35. The first kappa shape index (κ1) is 19.6. The molecule has 4 rings (SSSR count). The number of esters is 1. The smallest absolute Gasteiger partial charge is 0.338 e. The summed E-state index contributed by atoms with van der Waals surface area (Å²) in [5.41, 5.74) is 1.50. The van der Waals surface area contributed by atoms with E-state index >= 15 is 0 Å². The molecule has 1 atom stereocenters. The first-order valence-corrected chi connectivity index (χ1v) is 10.6. The number of benzene rings is 1. The van der Waals surface area contributed by atoms with Gasteiger partial charge in [0.15, 0.2) is 4.80 Å². The SMILES string of the molecule is CCOC(=O)C1=C(C)n2c(s/c(=C\c3ccc(Br)cc3)c2=O)=N[C@@H]1c1ccco1. The van der Waals surface area contributed by atoms with Crippen LogP contribution >= 0.6 is 27.3 Å². The summed E-state index contributed by atoms with van der Waals surface area (Å²) in [5.74, 6) is 0.0234. The lowest BCUT2D eigenvalue weighted by Crippen LogP contribution is -2.35. The van der Waals surface area contributed by atoms with Crippen LogP contribution in [0, 0.1) is 0 Å². The Labute approximate surface area is 178 Å². The van der Waals surface area contributed by atoms with Crippen molar-refractivity contribution >= 4 is 45.0 Å². The van der Waals surface area contributed by atoms with Crippen molar-refractivity contribution in [1.29, 1.82) is 0 Å². The van der Waals surface area contributed by atoms with E-state index in [-0.39, 0.29) is 12.2 Å². The van der Waals surface area contributed by atoms with Crippen LogP contribution in [0.15, 0.2) is 66.9 Å². The molecule has 0 bridgehead atoms. The van der Waals surface area contributed by atoms with Crippen molar-refractivity contribution in [2.24, 2.45) is 4.99 Å². The molecule has 0 unspecified atom stereocenters. The quantitative estimate of drug-likeness (QED) is 0.546. The molecular formula is C21H17BrN2O4S. The maximum atomic E-state index is 13.1. The second kappa shape index (κ2) is 7.96. The number of carbonyl (C=O) groups is 1. The number of halogens is 1. The number of allylic oxidation sites excluding steroid dienone is 1. The van der Waals surface area contributed by atoms with Crippen molar-refractivity contribution in [3.8, 4) is 0 Å². The Morgan fingerprint density at radius 2 is 2.10 bits per heavy atom. The summed E-state index contributed by atoms with van der Waals surface area (Å²) in [6, 6.07) is 10.5. The lowest BCUT2D eigenvalue weighted by Gasteiger charge is -2.20. The van der Waals surface area contributed by atoms with Gasteiger partial charge in [0, 0.05) is 10.2 Å². The van der Waals surface area contributed by atoms with E-state index in [4.69, 9.17) is 9.15 Å². The van der Waals surface area contributed by atoms with Gasteiger partial charge in [0.2, 0.25) is 0 Å². The molecule has 2 aromatic heterocycles. The summed E-state index contributed by atoms with van der Waals surface area (Å²) in [7, 11) is 0. The molecule has 0 radical (unpaired) electrons. The van der Waals surface area contributed by atoms with Gasteiger partial charge in [-0.05, 0) is 49.8 Å². The lowest BCUT2D eigenvalue weighted by molar-refractivity contribution is -0.138. The Morgan fingerprint density at radius 1 is 1.34 bits per heavy atom. The van der Waals surface area contributed by atoms with Crippen LogP contribution in [0.5, 0.6) is 0 Å². The van der Waals surface area contributed by atoms with Gasteiger partial charge in [-0.1, -0.05) is 39.4 Å². The number of hydrogen-bond acceptors (Lipinski definition) is 6. The molecule has 1 aromatic carbocycles. The van der Waals surface area contributed by atoms with E-state index in [2.05, 4.69) is 20.9 Å². The number of thiazole rings is 1. The zero-order valence-electron chi connectivity index (χ0n) is 15.7. The van der Waals surface area contributed by atoms with Gasteiger partial charge in [0.1, 0.15) is 11.8 Å². The van der Waals surface area contributed by atoms with Gasteiger partial charge in [0.05, 0.1) is 23.0 Å². The molecule has 148 valence electrons. The summed E-state index contributed by atoms with van der Waals surface area (Å²) in [6.45, 7) is 3.70. The Morgan fingerprint density at radius 3 is 2.76 bits per heavy atom. The van der Waals surface area contributed by atoms with Crippen LogP contribution in [-0.4, -0.2) is 17.1 Å². The van der Waals surface area contributed by atoms with Crippen LogP contribution < -0.4 is 14.9 Å². The van der Waals surface area contributed by atoms with Gasteiger partial charge < -0.3 is 9.15 Å². The summed E-state index contributed by atoms with van der Waals surface area (Å²) in [5, 5.41) is 0. The van der Waals surface area contributed by atoms with Gasteiger partial charge in [-0.25, -0.2) is 9.79 Å². The third kappa shape index (κ3) is 3.65. The van der Waals surface area contributed by atoms with Gasteiger partial charge >= 0.3 is 5.97 Å². The van der Waals surface area contributed by atoms with Gasteiger partial charge in [-0.3, -0.25) is 9.36 Å². The standard InChI is InChI=1S/C21H17BrN2O4S/c1-3-27-20(26)17-12(2)24-19(25)16(11-13-6-8-14(22)9-7-13)29-21(24)23-18(17)15-5-4-10-28-15/h4-11,18H,3H2,1-2H3/b16-11-/t18-/m1/s1. The highest BCUT2D eigenvalue weighted by Crippen LogP contribution is 2.32. The highest BCUT2D eigenvalue weighted by Gasteiger charge is 2.32. The number of furan rings is 1. The maximum Gasteiger partial charge on any atom is 0.338 e. The topological polar surface area (TPSA) is 73.8 Å². The summed E-state index contributed by atoms with van der Waals surface area (Å²) in [4.78, 5) is 30.9. The van der Waals surface area contributed by atoms with Crippen molar-refractivity contribution in [1.82, 2.24) is 4.57 Å². The first-order valence-electron chi connectivity index (χ1n) is 8.98. The number of fused-ring (bicyclic) bond motifs is 1. The highest BCUT2D eigenvalue weighted by atomic mass is 79.9. The Balaban J connectivity index is 1.93. The third-order valence-electron chi connectivity index (χ3n) is 4.52. The predicted molar refractivity (Wildman–Crippen MR) is 114 cm³/mol. The minimum absolute atomic E-state index is 0.214. The Bertz CT molecular complexity index is 1270. The second-order valence-corrected chi connectivity index (χ2v) is 8.28. The largest absolute Gasteiger partial charge is 0.467 e. The molecule has 29 heavy (non-hydrogen) atoms. The van der Waals surface area contributed by atoms with E-state index < -0.39 is 12.0 Å². The maximum absolute atomic E-state index is 13.1. The van der Waals surface area contributed by atoms with Gasteiger partial charge in [-0.2, -0.15) is 0 Å². The number of hydrogen-bond donors (Lipinski definition) is 0. The molecule has 1 aliphatic rings. The predicted octanol–water partition coefficient (Wildman–Crippen LogP) is 3.26. The fourth-order valence-corrected chi connectivity index (χ4v) is 4.48. The molecule has 0 amide bonds. The van der Waals surface area contributed by atoms with Crippen LogP contribution in [-0.2, 0) is 9.53 Å². The van der Waals surface area contributed by atoms with Crippen molar-refractivity contribution in [3.63, 3.8) is 0 Å². The fraction of sp³-hybridized carbons (Fsp3) is 0.190. The molecule has 0 fully saturated rings. The molecule has 0 aliphatic carbocycles. The molecular weight excluding hydrogens is 456 g/mol. The van der Waals surface area contributed by atoms with Crippen molar-refractivity contribution in [2.45, 2.75) is 19.9 Å². The van der Waals surface area contributed by atoms with Gasteiger partial charge in [-0.15, -0.1) is 0 Å². The van der Waals surface area contributed by atoms with E-state index in [1.165, 1.54) is 22.2 Å². The minimum atomic E-state index is -0.650. The summed E-state index contributed by atoms with van der Waals surface area (Å²) in [6.07, 6.45) is 3.35. The van der Waals surface area contributed by atoms with Crippen LogP contribution in [0.1, 0.15) is 31.2 Å². The first-order chi connectivity index (χ1) is 14.0. The lowest BCUT2D eigenvalue weighted by atomic mass is 10.0. The van der Waals surface area contributed by atoms with Crippen LogP contribution in [0.4, 0.5) is 0 Å². The van der Waals surface area contributed by atoms with Crippen molar-refractivity contribution in [3.05, 3.63) is 83.7 Å². The third-order valence-corrected chi connectivity index (χ3v) is 6.03. The number of carbonyl (C=O) groups excluding carboxylic acids is 1. The molecule has 0 saturated heterocycles. The van der Waals surface area contributed by atoms with Crippen molar-refractivity contribution in [2.75, 3.05) is 6.61 Å². The number of nitrogens with zero attached hydrogens (tertiary/aromatic N) is 2. The van der Waals surface area contributed by atoms with Gasteiger partial charge in [0.25, 0.3) is 5.56 Å². The molecule has 3 aromatic rings. The molecule has 0 N–H and O–H groups in total. The zero-order chi connectivity index (χ0) is 20.5. The Kier molecular flexibility index (Phi) is 5.38. The number of ether oxygens (including phenoxy) is 1. The zero-order valence-corrected chi connectivity index (χ0v) is 18.1. The monoisotopic (exact) mass is 472 g/mol. The average molecular weight is 473 g/mol. The van der Waals surface area contributed by atoms with Crippen LogP contribution in [0.3, 0.4) is 0 Å². The molecule has 8 heteroatoms. The molecule has 0 saturated carbocycles. The number of aromatic nitrogens is 1. The summed E-state index contributed by atoms with van der Waals surface area (Å²) >= 11 is 4.69. The van der Waals surface area contributed by atoms with E-state index in [0.717, 1.165) is 10.0 Å². The Hall–Kier alpha value is -2.71. The minimum Gasteiger partial charge on any atom is -0.467 e. The van der Waals surface area contributed by atoms with Crippen LogP contribution in [0.2, 0.25) is 0 Å². The molecule has 3 heterocycles. The molecule has 1 aliphatic heterocycles. The van der Waals surface area contributed by atoms with Crippen LogP contribution in [0.25, 0.3) is 11.8 Å². The van der Waals surface area contributed by atoms with E-state index in [9.17, 15) is 9.59 Å². The molecule has 6 nitrogen and oxygen atoms in total. The fourth-order valence-electron chi connectivity index (χ4n) is 3.18. The highest BCUT2D eigenvalue weighted by molar-refractivity contribution is 9.10. The van der Waals surface area contributed by atoms with E-state index in [1.54, 1.807) is 26.0 Å². The summed E-state index contributed by atoms with van der Waals surface area (Å²) < 4.78 is 13.7. The average Bonchev–Trinajstić information content (AvgIpc) is 3.32. The normalized spacial score (nSPS) is 16.5.